The highest BCUT2D eigenvalue weighted by Crippen LogP contribution is 2.21. The molecule has 2 aromatic rings. The minimum absolute atomic E-state index is 0.0960. The molecule has 30 heavy (non-hydrogen) atoms. The summed E-state index contributed by atoms with van der Waals surface area (Å²) in [6.07, 6.45) is 9.16. The Morgan fingerprint density at radius 2 is 1.60 bits per heavy atom. The second-order valence-corrected chi connectivity index (χ2v) is 7.61. The van der Waals surface area contributed by atoms with E-state index in [9.17, 15) is 4.79 Å². The molecule has 1 aromatic carbocycles. The first-order chi connectivity index (χ1) is 14.7. The fourth-order valence-electron chi connectivity index (χ4n) is 3.59. The third-order valence-electron chi connectivity index (χ3n) is 5.47. The van der Waals surface area contributed by atoms with Crippen LogP contribution >= 0.6 is 0 Å². The molecule has 0 aliphatic carbocycles. The Bertz CT molecular complexity index is 771. The van der Waals surface area contributed by atoms with Crippen molar-refractivity contribution in [2.75, 3.05) is 49.6 Å². The summed E-state index contributed by atoms with van der Waals surface area (Å²) < 4.78 is 5.23. The van der Waals surface area contributed by atoms with E-state index < -0.39 is 0 Å². The number of nitrogens with one attached hydrogen (secondary N) is 1. The lowest BCUT2D eigenvalue weighted by molar-refractivity contribution is 0.0952. The number of hydrogen-bond donors (Lipinski definition) is 1. The van der Waals surface area contributed by atoms with E-state index in [1.807, 2.05) is 12.1 Å². The SMILES string of the molecule is CCCCCCCNC(=O)c1cnc(N2CCN(c3ccc(OC)cc3)CC2)nc1. The Balaban J connectivity index is 1.44. The lowest BCUT2D eigenvalue weighted by Crippen LogP contribution is -2.47. The Labute approximate surface area is 179 Å². The van der Waals surface area contributed by atoms with Crippen molar-refractivity contribution < 1.29 is 9.53 Å². The van der Waals surface area contributed by atoms with Gasteiger partial charge in [0.05, 0.1) is 12.7 Å². The van der Waals surface area contributed by atoms with Crippen LogP contribution in [0.25, 0.3) is 0 Å². The molecule has 1 amide bonds. The van der Waals surface area contributed by atoms with Crippen molar-refractivity contribution in [3.8, 4) is 5.75 Å². The number of piperazine rings is 1. The molecule has 162 valence electrons. The fourth-order valence-corrected chi connectivity index (χ4v) is 3.59. The highest BCUT2D eigenvalue weighted by Gasteiger charge is 2.19. The van der Waals surface area contributed by atoms with Crippen molar-refractivity contribution in [1.29, 1.82) is 0 Å². The van der Waals surface area contributed by atoms with Gasteiger partial charge >= 0.3 is 0 Å². The number of ether oxygens (including phenoxy) is 1. The maximum atomic E-state index is 12.2. The van der Waals surface area contributed by atoms with Gasteiger partial charge in [0.25, 0.3) is 5.91 Å². The summed E-state index contributed by atoms with van der Waals surface area (Å²) in [6.45, 7) is 6.39. The second kappa shape index (κ2) is 11.4. The first-order valence-electron chi connectivity index (χ1n) is 11.0. The Morgan fingerprint density at radius 1 is 0.967 bits per heavy atom. The van der Waals surface area contributed by atoms with E-state index in [1.165, 1.54) is 24.9 Å². The quantitative estimate of drug-likeness (QED) is 0.603. The van der Waals surface area contributed by atoms with Crippen molar-refractivity contribution in [2.45, 2.75) is 39.0 Å². The largest absolute Gasteiger partial charge is 0.497 e. The Kier molecular flexibility index (Phi) is 8.30. The molecule has 0 saturated carbocycles. The number of methoxy groups -OCH3 is 1. The average molecular weight is 412 g/mol. The number of amides is 1. The predicted molar refractivity (Wildman–Crippen MR) is 121 cm³/mol. The van der Waals surface area contributed by atoms with Gasteiger partial charge in [-0.15, -0.1) is 0 Å². The number of benzene rings is 1. The minimum atomic E-state index is -0.0960. The third kappa shape index (κ3) is 6.08. The van der Waals surface area contributed by atoms with Gasteiger partial charge in [0.15, 0.2) is 0 Å². The molecule has 1 N–H and O–H groups in total. The van der Waals surface area contributed by atoms with E-state index in [-0.39, 0.29) is 5.91 Å². The number of rotatable bonds is 10. The van der Waals surface area contributed by atoms with Gasteiger partial charge in [-0.3, -0.25) is 4.79 Å². The van der Waals surface area contributed by atoms with Gasteiger partial charge in [-0.05, 0) is 30.7 Å². The number of aromatic nitrogens is 2. The van der Waals surface area contributed by atoms with Crippen LogP contribution < -0.4 is 19.9 Å². The third-order valence-corrected chi connectivity index (χ3v) is 5.47. The smallest absolute Gasteiger partial charge is 0.254 e. The molecule has 0 radical (unpaired) electrons. The molecule has 1 aliphatic heterocycles. The number of nitrogens with zero attached hydrogens (tertiary/aromatic N) is 4. The lowest BCUT2D eigenvalue weighted by Gasteiger charge is -2.36. The van der Waals surface area contributed by atoms with Gasteiger partial charge in [-0.2, -0.15) is 0 Å². The molecule has 7 nitrogen and oxygen atoms in total. The molecule has 0 spiro atoms. The maximum absolute atomic E-state index is 12.2. The monoisotopic (exact) mass is 411 g/mol. The molecule has 0 bridgehead atoms. The van der Waals surface area contributed by atoms with Crippen molar-refractivity contribution in [2.24, 2.45) is 0 Å². The van der Waals surface area contributed by atoms with Crippen molar-refractivity contribution in [3.05, 3.63) is 42.2 Å². The van der Waals surface area contributed by atoms with Crippen molar-refractivity contribution >= 4 is 17.5 Å². The summed E-state index contributed by atoms with van der Waals surface area (Å²) in [7, 11) is 1.68. The number of carbonyl (C=O) groups is 1. The van der Waals surface area contributed by atoms with Gasteiger partial charge in [0, 0.05) is 50.8 Å². The minimum Gasteiger partial charge on any atom is -0.497 e. The number of anilines is 2. The molecule has 1 aromatic heterocycles. The van der Waals surface area contributed by atoms with Gasteiger partial charge in [-0.25, -0.2) is 9.97 Å². The second-order valence-electron chi connectivity index (χ2n) is 7.61. The van der Waals surface area contributed by atoms with Crippen LogP contribution in [-0.4, -0.2) is 55.7 Å². The lowest BCUT2D eigenvalue weighted by atomic mass is 10.1. The van der Waals surface area contributed by atoms with Gasteiger partial charge in [0.1, 0.15) is 5.75 Å². The number of hydrogen-bond acceptors (Lipinski definition) is 6. The van der Waals surface area contributed by atoms with Gasteiger partial charge in [-0.1, -0.05) is 32.6 Å². The van der Waals surface area contributed by atoms with Gasteiger partial charge in [0.2, 0.25) is 5.95 Å². The molecule has 3 rings (SSSR count). The molecular weight excluding hydrogens is 378 g/mol. The molecule has 1 aliphatic rings. The highest BCUT2D eigenvalue weighted by molar-refractivity contribution is 5.93. The number of unbranched alkanes of at least 4 members (excludes halogenated alkanes) is 4. The maximum Gasteiger partial charge on any atom is 0.254 e. The van der Waals surface area contributed by atoms with Crippen LogP contribution in [0.15, 0.2) is 36.7 Å². The van der Waals surface area contributed by atoms with Crippen LogP contribution in [0, 0.1) is 0 Å². The zero-order valence-corrected chi connectivity index (χ0v) is 18.1. The molecule has 0 atom stereocenters. The van der Waals surface area contributed by atoms with Crippen LogP contribution in [0.1, 0.15) is 49.4 Å². The van der Waals surface area contributed by atoms with E-state index in [4.69, 9.17) is 4.74 Å². The summed E-state index contributed by atoms with van der Waals surface area (Å²) in [5, 5.41) is 2.96. The predicted octanol–water partition coefficient (Wildman–Crippen LogP) is 3.51. The van der Waals surface area contributed by atoms with E-state index in [0.717, 1.165) is 44.8 Å². The summed E-state index contributed by atoms with van der Waals surface area (Å²) in [5.74, 6) is 1.45. The Hall–Kier alpha value is -2.83. The zero-order valence-electron chi connectivity index (χ0n) is 18.1. The first kappa shape index (κ1) is 21.9. The topological polar surface area (TPSA) is 70.6 Å². The standard InChI is InChI=1S/C23H33N5O2/c1-3-4-5-6-7-12-24-22(29)19-17-25-23(26-18-19)28-15-13-27(14-16-28)20-8-10-21(30-2)11-9-20/h8-11,17-18H,3-7,12-16H2,1-2H3,(H,24,29). The summed E-state index contributed by atoms with van der Waals surface area (Å²) in [4.78, 5) is 25.6. The van der Waals surface area contributed by atoms with Crippen LogP contribution in [0.2, 0.25) is 0 Å². The zero-order chi connectivity index (χ0) is 21.2. The summed E-state index contributed by atoms with van der Waals surface area (Å²) >= 11 is 0. The van der Waals surface area contributed by atoms with Crippen molar-refractivity contribution in [1.82, 2.24) is 15.3 Å². The molecule has 0 unspecified atom stereocenters. The normalized spacial score (nSPS) is 13.9. The fraction of sp³-hybridized carbons (Fsp3) is 0.522. The van der Waals surface area contributed by atoms with E-state index in [2.05, 4.69) is 44.1 Å². The molecular formula is C23H33N5O2. The van der Waals surface area contributed by atoms with Crippen LogP contribution in [-0.2, 0) is 0 Å². The average Bonchev–Trinajstić information content (AvgIpc) is 2.81. The molecule has 2 heterocycles. The highest BCUT2D eigenvalue weighted by atomic mass is 16.5. The van der Waals surface area contributed by atoms with E-state index in [1.54, 1.807) is 19.5 Å². The van der Waals surface area contributed by atoms with Crippen LogP contribution in [0.3, 0.4) is 0 Å². The first-order valence-corrected chi connectivity index (χ1v) is 11.0. The van der Waals surface area contributed by atoms with E-state index >= 15 is 0 Å². The molecule has 1 saturated heterocycles. The van der Waals surface area contributed by atoms with Crippen LogP contribution in [0.5, 0.6) is 5.75 Å². The molecule has 1 fully saturated rings. The van der Waals surface area contributed by atoms with E-state index in [0.29, 0.717) is 18.1 Å². The molecule has 7 heteroatoms. The Morgan fingerprint density at radius 3 is 2.23 bits per heavy atom. The summed E-state index contributed by atoms with van der Waals surface area (Å²) in [5.41, 5.74) is 1.71. The number of carbonyl (C=O) groups excluding carboxylic acids is 1. The van der Waals surface area contributed by atoms with Crippen molar-refractivity contribution in [3.63, 3.8) is 0 Å². The van der Waals surface area contributed by atoms with Crippen LogP contribution in [0.4, 0.5) is 11.6 Å². The summed E-state index contributed by atoms with van der Waals surface area (Å²) in [6, 6.07) is 8.14. The van der Waals surface area contributed by atoms with Gasteiger partial charge < -0.3 is 19.9 Å².